The van der Waals surface area contributed by atoms with Crippen molar-refractivity contribution < 1.29 is 4.74 Å². The summed E-state index contributed by atoms with van der Waals surface area (Å²) in [6.45, 7) is 3.87. The van der Waals surface area contributed by atoms with E-state index in [0.717, 1.165) is 10.2 Å². The topological polar surface area (TPSA) is 61.0 Å². The largest absolute Gasteiger partial charge is 0.383 e. The summed E-state index contributed by atoms with van der Waals surface area (Å²) < 4.78 is 6.22. The lowest BCUT2D eigenvalue weighted by Crippen LogP contribution is -2.24. The van der Waals surface area contributed by atoms with Crippen molar-refractivity contribution in [3.63, 3.8) is 0 Å². The van der Waals surface area contributed by atoms with Gasteiger partial charge in [0.05, 0.1) is 10.2 Å². The highest BCUT2D eigenvalue weighted by molar-refractivity contribution is 9.10. The number of aromatic nitrogens is 2. The summed E-state index contributed by atoms with van der Waals surface area (Å²) in [4.78, 5) is 8.86. The number of anilines is 1. The van der Waals surface area contributed by atoms with Crippen LogP contribution in [0.25, 0.3) is 0 Å². The van der Waals surface area contributed by atoms with Gasteiger partial charge in [-0.1, -0.05) is 0 Å². The molecule has 1 aromatic rings. The first kappa shape index (κ1) is 11.8. The highest BCUT2D eigenvalue weighted by Gasteiger charge is 2.32. The molecule has 0 saturated heterocycles. The molecule has 1 aliphatic carbocycles. The fourth-order valence-electron chi connectivity index (χ4n) is 1.47. The van der Waals surface area contributed by atoms with Gasteiger partial charge in [0.25, 0.3) is 0 Å². The van der Waals surface area contributed by atoms with Crippen LogP contribution in [-0.4, -0.2) is 17.1 Å². The molecule has 0 radical (unpaired) electrons. The number of rotatable bonds is 3. The molecule has 0 aromatic carbocycles. The third-order valence-corrected chi connectivity index (χ3v) is 3.73. The van der Waals surface area contributed by atoms with Crippen molar-refractivity contribution in [2.45, 2.75) is 38.2 Å². The summed E-state index contributed by atoms with van der Waals surface area (Å²) in [7, 11) is 1.65. The van der Waals surface area contributed by atoms with Crippen LogP contribution in [0.3, 0.4) is 0 Å². The van der Waals surface area contributed by atoms with Crippen molar-refractivity contribution in [3.05, 3.63) is 16.0 Å². The minimum atomic E-state index is -0.502. The molecule has 1 saturated carbocycles. The summed E-state index contributed by atoms with van der Waals surface area (Å²) in [6.07, 6.45) is 2.36. The van der Waals surface area contributed by atoms with Crippen LogP contribution in [0, 0.1) is 0 Å². The molecule has 1 aromatic heterocycles. The summed E-state index contributed by atoms with van der Waals surface area (Å²) in [5.41, 5.74) is 6.40. The molecule has 1 heterocycles. The van der Waals surface area contributed by atoms with E-state index in [1.807, 2.05) is 13.8 Å². The van der Waals surface area contributed by atoms with Gasteiger partial charge in [-0.3, -0.25) is 0 Å². The molecule has 1 aliphatic rings. The van der Waals surface area contributed by atoms with E-state index in [2.05, 4.69) is 25.9 Å². The van der Waals surface area contributed by atoms with Crippen LogP contribution < -0.4 is 5.73 Å². The molecule has 2 N–H and O–H groups in total. The SMILES string of the molecule is COC(C)(C)c1nc(N)c(Br)c(C2CC2)n1. The first-order chi connectivity index (χ1) is 7.45. The van der Waals surface area contributed by atoms with Gasteiger partial charge in [0.2, 0.25) is 0 Å². The molecule has 16 heavy (non-hydrogen) atoms. The second-order valence-corrected chi connectivity index (χ2v) is 5.41. The molecular formula is C11H16BrN3O. The minimum Gasteiger partial charge on any atom is -0.383 e. The lowest BCUT2D eigenvalue weighted by atomic mass is 10.1. The van der Waals surface area contributed by atoms with Gasteiger partial charge in [0.15, 0.2) is 5.82 Å². The van der Waals surface area contributed by atoms with E-state index >= 15 is 0 Å². The maximum atomic E-state index is 5.88. The van der Waals surface area contributed by atoms with E-state index in [1.165, 1.54) is 12.8 Å². The average molecular weight is 286 g/mol. The molecule has 2 rings (SSSR count). The highest BCUT2D eigenvalue weighted by Crippen LogP contribution is 2.43. The number of nitrogens with two attached hydrogens (primary N) is 1. The van der Waals surface area contributed by atoms with Gasteiger partial charge in [-0.05, 0) is 42.6 Å². The summed E-state index contributed by atoms with van der Waals surface area (Å²) >= 11 is 3.45. The summed E-state index contributed by atoms with van der Waals surface area (Å²) in [6, 6.07) is 0. The van der Waals surface area contributed by atoms with Crippen molar-refractivity contribution in [1.29, 1.82) is 0 Å². The fraction of sp³-hybridized carbons (Fsp3) is 0.636. The van der Waals surface area contributed by atoms with Crippen LogP contribution >= 0.6 is 15.9 Å². The Hall–Kier alpha value is -0.680. The Morgan fingerprint density at radius 3 is 2.50 bits per heavy atom. The molecule has 0 spiro atoms. The summed E-state index contributed by atoms with van der Waals surface area (Å²) in [5, 5.41) is 0. The Balaban J connectivity index is 2.48. The van der Waals surface area contributed by atoms with E-state index in [4.69, 9.17) is 10.5 Å². The Bertz CT molecular complexity index is 416. The van der Waals surface area contributed by atoms with Crippen LogP contribution in [-0.2, 0) is 10.3 Å². The van der Waals surface area contributed by atoms with E-state index in [-0.39, 0.29) is 0 Å². The van der Waals surface area contributed by atoms with Crippen molar-refractivity contribution in [1.82, 2.24) is 9.97 Å². The van der Waals surface area contributed by atoms with Crippen molar-refractivity contribution >= 4 is 21.7 Å². The monoisotopic (exact) mass is 285 g/mol. The third kappa shape index (κ3) is 2.06. The number of methoxy groups -OCH3 is 1. The number of halogens is 1. The molecule has 5 heteroatoms. The molecule has 0 atom stereocenters. The number of hydrogen-bond acceptors (Lipinski definition) is 4. The molecule has 88 valence electrons. The zero-order valence-electron chi connectivity index (χ0n) is 9.75. The predicted octanol–water partition coefficient (Wildman–Crippen LogP) is 2.58. The Morgan fingerprint density at radius 1 is 1.38 bits per heavy atom. The molecule has 0 aliphatic heterocycles. The number of ether oxygens (including phenoxy) is 1. The fourth-order valence-corrected chi connectivity index (χ4v) is 1.97. The smallest absolute Gasteiger partial charge is 0.162 e. The van der Waals surface area contributed by atoms with Gasteiger partial charge >= 0.3 is 0 Å². The lowest BCUT2D eigenvalue weighted by Gasteiger charge is -2.22. The van der Waals surface area contributed by atoms with Crippen molar-refractivity contribution in [2.75, 3.05) is 12.8 Å². The maximum absolute atomic E-state index is 5.88. The number of nitrogens with zero attached hydrogens (tertiary/aromatic N) is 2. The first-order valence-electron chi connectivity index (χ1n) is 5.34. The number of nitrogen functional groups attached to an aromatic ring is 1. The van der Waals surface area contributed by atoms with E-state index in [9.17, 15) is 0 Å². The lowest BCUT2D eigenvalue weighted by molar-refractivity contribution is 0.0114. The molecule has 0 bridgehead atoms. The van der Waals surface area contributed by atoms with Crippen LogP contribution in [0.4, 0.5) is 5.82 Å². The molecule has 1 fully saturated rings. The van der Waals surface area contributed by atoms with E-state index < -0.39 is 5.60 Å². The maximum Gasteiger partial charge on any atom is 0.162 e. The van der Waals surface area contributed by atoms with Gasteiger partial charge in [-0.15, -0.1) is 0 Å². The Kier molecular flexibility index (Phi) is 2.92. The van der Waals surface area contributed by atoms with Crippen LogP contribution in [0.2, 0.25) is 0 Å². The minimum absolute atomic E-state index is 0.497. The standard InChI is InChI=1S/C11H16BrN3O/c1-11(2,16-3)10-14-8(6-4-5-6)7(12)9(13)15-10/h6H,4-5H2,1-3H3,(H2,13,14,15). The second-order valence-electron chi connectivity index (χ2n) is 4.62. The van der Waals surface area contributed by atoms with Gasteiger partial charge in [-0.25, -0.2) is 9.97 Å². The quantitative estimate of drug-likeness (QED) is 0.927. The molecular weight excluding hydrogens is 270 g/mol. The summed E-state index contributed by atoms with van der Waals surface area (Å²) in [5.74, 6) is 1.68. The van der Waals surface area contributed by atoms with Gasteiger partial charge in [0.1, 0.15) is 11.4 Å². The van der Waals surface area contributed by atoms with Crippen LogP contribution in [0.1, 0.15) is 44.1 Å². The van der Waals surface area contributed by atoms with Gasteiger partial charge in [0, 0.05) is 13.0 Å². The van der Waals surface area contributed by atoms with Crippen molar-refractivity contribution in [3.8, 4) is 0 Å². The third-order valence-electron chi connectivity index (χ3n) is 2.92. The van der Waals surface area contributed by atoms with E-state index in [1.54, 1.807) is 7.11 Å². The molecule has 4 nitrogen and oxygen atoms in total. The first-order valence-corrected chi connectivity index (χ1v) is 6.13. The van der Waals surface area contributed by atoms with Gasteiger partial charge < -0.3 is 10.5 Å². The van der Waals surface area contributed by atoms with Crippen LogP contribution in [0.15, 0.2) is 4.47 Å². The zero-order chi connectivity index (χ0) is 11.9. The molecule has 0 unspecified atom stereocenters. The zero-order valence-corrected chi connectivity index (χ0v) is 11.3. The van der Waals surface area contributed by atoms with Crippen LogP contribution in [0.5, 0.6) is 0 Å². The average Bonchev–Trinajstić information content (AvgIpc) is 3.05. The normalized spacial score (nSPS) is 16.5. The van der Waals surface area contributed by atoms with Gasteiger partial charge in [-0.2, -0.15) is 0 Å². The predicted molar refractivity (Wildman–Crippen MR) is 66.2 cm³/mol. The Labute approximate surface area is 104 Å². The highest BCUT2D eigenvalue weighted by atomic mass is 79.9. The van der Waals surface area contributed by atoms with E-state index in [0.29, 0.717) is 17.6 Å². The molecule has 0 amide bonds. The Morgan fingerprint density at radius 2 is 2.00 bits per heavy atom. The second kappa shape index (κ2) is 3.96. The number of hydrogen-bond donors (Lipinski definition) is 1. The van der Waals surface area contributed by atoms with Crippen molar-refractivity contribution in [2.24, 2.45) is 0 Å².